The second-order valence-corrected chi connectivity index (χ2v) is 5.74. The number of hydrogen-bond donors (Lipinski definition) is 1. The monoisotopic (exact) mass is 311 g/mol. The van der Waals surface area contributed by atoms with Crippen molar-refractivity contribution >= 4 is 23.5 Å². The highest BCUT2D eigenvalue weighted by molar-refractivity contribution is 6.31. The minimum atomic E-state index is -0.962. The molecule has 1 N–H and O–H groups in total. The Morgan fingerprint density at radius 3 is 2.62 bits per heavy atom. The van der Waals surface area contributed by atoms with Crippen LogP contribution in [0.25, 0.3) is 0 Å². The number of carbonyl (C=O) groups excluding carboxylic acids is 1. The van der Waals surface area contributed by atoms with Gasteiger partial charge in [0.05, 0.1) is 13.0 Å². The fraction of sp³-hybridized carbons (Fsp3) is 0.467. The highest BCUT2D eigenvalue weighted by Gasteiger charge is 2.29. The van der Waals surface area contributed by atoms with Crippen molar-refractivity contribution in [1.29, 1.82) is 0 Å². The van der Waals surface area contributed by atoms with Crippen LogP contribution in [0, 0.1) is 12.8 Å². The molecule has 1 amide bonds. The van der Waals surface area contributed by atoms with Gasteiger partial charge in [-0.3, -0.25) is 9.59 Å². The maximum Gasteiger partial charge on any atom is 0.306 e. The third kappa shape index (κ3) is 2.97. The quantitative estimate of drug-likeness (QED) is 0.928. The van der Waals surface area contributed by atoms with E-state index in [9.17, 15) is 9.59 Å². The second-order valence-electron chi connectivity index (χ2n) is 5.34. The molecular formula is C15H18ClNO4. The van der Waals surface area contributed by atoms with Crippen molar-refractivity contribution in [1.82, 2.24) is 4.90 Å². The first-order valence-corrected chi connectivity index (χ1v) is 7.08. The van der Waals surface area contributed by atoms with Gasteiger partial charge in [-0.25, -0.2) is 0 Å². The van der Waals surface area contributed by atoms with Gasteiger partial charge >= 0.3 is 5.97 Å². The van der Waals surface area contributed by atoms with Crippen LogP contribution in [-0.2, 0) is 22.7 Å². The summed E-state index contributed by atoms with van der Waals surface area (Å²) < 4.78 is 5.28. The third-order valence-electron chi connectivity index (χ3n) is 3.91. The standard InChI is InChI=1S/C15H18ClNO4/c1-8(15(19)20)4-14(18)17-6-10-9(2)13(21-3)5-12(16)11(10)7-17/h5,8H,4,6-7H2,1-3H3,(H,19,20)/t8-/m0/s1. The normalized spacial score (nSPS) is 14.8. The van der Waals surface area contributed by atoms with Crippen molar-refractivity contribution in [2.24, 2.45) is 5.92 Å². The average molecular weight is 312 g/mol. The van der Waals surface area contributed by atoms with Crippen molar-refractivity contribution in [2.75, 3.05) is 7.11 Å². The third-order valence-corrected chi connectivity index (χ3v) is 4.24. The van der Waals surface area contributed by atoms with Gasteiger partial charge in [-0.15, -0.1) is 0 Å². The summed E-state index contributed by atoms with van der Waals surface area (Å²) >= 11 is 6.24. The number of carbonyl (C=O) groups is 2. The van der Waals surface area contributed by atoms with Crippen LogP contribution in [0.1, 0.15) is 30.0 Å². The molecule has 1 aliphatic rings. The number of benzene rings is 1. The van der Waals surface area contributed by atoms with Gasteiger partial charge in [0.15, 0.2) is 0 Å². The Kier molecular flexibility index (Phi) is 4.42. The van der Waals surface area contributed by atoms with Crippen LogP contribution in [-0.4, -0.2) is 29.0 Å². The number of methoxy groups -OCH3 is 1. The Morgan fingerprint density at radius 1 is 1.43 bits per heavy atom. The van der Waals surface area contributed by atoms with Gasteiger partial charge in [-0.1, -0.05) is 18.5 Å². The molecule has 21 heavy (non-hydrogen) atoms. The SMILES string of the molecule is COc1cc(Cl)c2c(c1C)CN(C(=O)C[C@H](C)C(=O)O)C2. The molecule has 1 aromatic rings. The van der Waals surface area contributed by atoms with Crippen LogP contribution < -0.4 is 4.74 Å². The zero-order valence-corrected chi connectivity index (χ0v) is 13.0. The van der Waals surface area contributed by atoms with Crippen molar-refractivity contribution < 1.29 is 19.4 Å². The fourth-order valence-corrected chi connectivity index (χ4v) is 2.79. The number of carboxylic acids is 1. The van der Waals surface area contributed by atoms with Crippen molar-refractivity contribution in [3.05, 3.63) is 27.8 Å². The molecule has 6 heteroatoms. The Morgan fingerprint density at radius 2 is 2.05 bits per heavy atom. The summed E-state index contributed by atoms with van der Waals surface area (Å²) in [5, 5.41) is 9.47. The Labute approximate surface area is 128 Å². The van der Waals surface area contributed by atoms with E-state index in [1.807, 2.05) is 6.92 Å². The molecule has 0 unspecified atom stereocenters. The zero-order chi connectivity index (χ0) is 15.7. The molecule has 114 valence electrons. The van der Waals surface area contributed by atoms with E-state index in [0.29, 0.717) is 23.9 Å². The molecule has 1 aromatic carbocycles. The van der Waals surface area contributed by atoms with E-state index in [-0.39, 0.29) is 12.3 Å². The van der Waals surface area contributed by atoms with Gasteiger partial charge in [-0.05, 0) is 29.7 Å². The fourth-order valence-electron chi connectivity index (χ4n) is 2.52. The van der Waals surface area contributed by atoms with Crippen LogP contribution in [0.3, 0.4) is 0 Å². The van der Waals surface area contributed by atoms with Crippen molar-refractivity contribution in [3.8, 4) is 5.75 Å². The second kappa shape index (κ2) is 5.93. The Hall–Kier alpha value is -1.75. The molecule has 0 spiro atoms. The number of amides is 1. The predicted octanol–water partition coefficient (Wildman–Crippen LogP) is 2.61. The lowest BCUT2D eigenvalue weighted by molar-refractivity contribution is -0.145. The lowest BCUT2D eigenvalue weighted by atomic mass is 10.0. The molecule has 1 atom stereocenters. The molecule has 0 saturated heterocycles. The topological polar surface area (TPSA) is 66.8 Å². The minimum Gasteiger partial charge on any atom is -0.496 e. The molecule has 0 aromatic heterocycles. The Bertz CT molecular complexity index is 600. The summed E-state index contributed by atoms with van der Waals surface area (Å²) in [6.07, 6.45) is -0.00285. The zero-order valence-electron chi connectivity index (χ0n) is 12.3. The van der Waals surface area contributed by atoms with Crippen LogP contribution in [0.2, 0.25) is 5.02 Å². The van der Waals surface area contributed by atoms with E-state index < -0.39 is 11.9 Å². The predicted molar refractivity (Wildman–Crippen MR) is 78.4 cm³/mol. The molecule has 0 bridgehead atoms. The van der Waals surface area contributed by atoms with Gasteiger partial charge in [0.1, 0.15) is 5.75 Å². The summed E-state index contributed by atoms with van der Waals surface area (Å²) in [5.41, 5.74) is 2.89. The van der Waals surface area contributed by atoms with Crippen molar-refractivity contribution in [2.45, 2.75) is 33.4 Å². The van der Waals surface area contributed by atoms with Crippen LogP contribution in [0.5, 0.6) is 5.75 Å². The summed E-state index contributed by atoms with van der Waals surface area (Å²) in [7, 11) is 1.58. The van der Waals surface area contributed by atoms with Crippen LogP contribution >= 0.6 is 11.6 Å². The molecular weight excluding hydrogens is 294 g/mol. The van der Waals surface area contributed by atoms with Gasteiger partial charge in [-0.2, -0.15) is 0 Å². The molecule has 0 saturated carbocycles. The highest BCUT2D eigenvalue weighted by atomic mass is 35.5. The van der Waals surface area contributed by atoms with Crippen molar-refractivity contribution in [3.63, 3.8) is 0 Å². The smallest absolute Gasteiger partial charge is 0.306 e. The maximum atomic E-state index is 12.2. The van der Waals surface area contributed by atoms with Gasteiger partial charge < -0.3 is 14.7 Å². The van der Waals surface area contributed by atoms with Crippen LogP contribution in [0.15, 0.2) is 6.07 Å². The van der Waals surface area contributed by atoms with Gasteiger partial charge in [0.25, 0.3) is 0 Å². The van der Waals surface area contributed by atoms with E-state index in [2.05, 4.69) is 0 Å². The number of fused-ring (bicyclic) bond motifs is 1. The first-order chi connectivity index (χ1) is 9.85. The first kappa shape index (κ1) is 15.6. The first-order valence-electron chi connectivity index (χ1n) is 6.70. The van der Waals surface area contributed by atoms with E-state index in [1.165, 1.54) is 6.92 Å². The molecule has 1 aliphatic heterocycles. The molecule has 0 radical (unpaired) electrons. The highest BCUT2D eigenvalue weighted by Crippen LogP contribution is 2.37. The molecule has 1 heterocycles. The summed E-state index contributed by atoms with van der Waals surface area (Å²) in [6.45, 7) is 4.33. The summed E-state index contributed by atoms with van der Waals surface area (Å²) in [4.78, 5) is 24.7. The summed E-state index contributed by atoms with van der Waals surface area (Å²) in [5.74, 6) is -1.12. The van der Waals surface area contributed by atoms with Gasteiger partial charge in [0.2, 0.25) is 5.91 Å². The van der Waals surface area contributed by atoms with E-state index in [1.54, 1.807) is 18.1 Å². The van der Waals surface area contributed by atoms with E-state index >= 15 is 0 Å². The Balaban J connectivity index is 2.20. The van der Waals surface area contributed by atoms with Crippen LogP contribution in [0.4, 0.5) is 0 Å². The number of ether oxygens (including phenoxy) is 1. The lowest BCUT2D eigenvalue weighted by Gasteiger charge is -2.17. The van der Waals surface area contributed by atoms with E-state index in [4.69, 9.17) is 21.4 Å². The lowest BCUT2D eigenvalue weighted by Crippen LogP contribution is -2.28. The molecule has 2 rings (SSSR count). The number of hydrogen-bond acceptors (Lipinski definition) is 3. The molecule has 0 aliphatic carbocycles. The number of halogens is 1. The summed E-state index contributed by atoms with van der Waals surface area (Å²) in [6, 6.07) is 1.75. The number of aliphatic carboxylic acids is 1. The average Bonchev–Trinajstić information content (AvgIpc) is 2.88. The minimum absolute atomic E-state index is 0.00285. The molecule has 0 fully saturated rings. The largest absolute Gasteiger partial charge is 0.496 e. The maximum absolute atomic E-state index is 12.2. The number of carboxylic acid groups (broad SMARTS) is 1. The molecule has 5 nitrogen and oxygen atoms in total. The van der Waals surface area contributed by atoms with E-state index in [0.717, 1.165) is 16.7 Å². The van der Waals surface area contributed by atoms with Gasteiger partial charge in [0, 0.05) is 24.5 Å². The number of nitrogens with zero attached hydrogens (tertiary/aromatic N) is 1. The number of rotatable bonds is 4.